The molecule has 0 aliphatic carbocycles. The molecule has 0 aliphatic heterocycles. The normalized spacial score (nSPS) is 11.0. The molecule has 1 N–H and O–H groups in total. The third-order valence-corrected chi connectivity index (χ3v) is 5.25. The molecule has 0 fully saturated rings. The highest BCUT2D eigenvalue weighted by atomic mass is 35.5. The molecule has 6 heteroatoms. The van der Waals surface area contributed by atoms with Crippen molar-refractivity contribution in [3.8, 4) is 22.5 Å². The monoisotopic (exact) mass is 394 g/mol. The van der Waals surface area contributed by atoms with Gasteiger partial charge in [0.05, 0.1) is 15.6 Å². The van der Waals surface area contributed by atoms with E-state index < -0.39 is 0 Å². The third kappa shape index (κ3) is 3.22. The molecule has 0 atom stereocenters. The topological polar surface area (TPSA) is 50.7 Å². The molecule has 0 unspecified atom stereocenters. The molecule has 4 nitrogen and oxygen atoms in total. The zero-order valence-electron chi connectivity index (χ0n) is 14.8. The number of halogens is 2. The first kappa shape index (κ1) is 17.7. The summed E-state index contributed by atoms with van der Waals surface area (Å²) in [7, 11) is 1.86. The Kier molecular flexibility index (Phi) is 4.68. The average Bonchev–Trinajstić information content (AvgIpc) is 2.70. The highest BCUT2D eigenvalue weighted by Crippen LogP contribution is 2.35. The Morgan fingerprint density at radius 3 is 2.48 bits per heavy atom. The lowest BCUT2D eigenvalue weighted by atomic mass is 9.98. The van der Waals surface area contributed by atoms with Gasteiger partial charge >= 0.3 is 0 Å². The fourth-order valence-electron chi connectivity index (χ4n) is 3.12. The minimum Gasteiger partial charge on any atom is -0.373 e. The summed E-state index contributed by atoms with van der Waals surface area (Å²) in [5, 5.41) is 5.21. The fourth-order valence-corrected chi connectivity index (χ4v) is 3.42. The van der Waals surface area contributed by atoms with E-state index in [1.54, 1.807) is 12.4 Å². The Bertz CT molecular complexity index is 1140. The van der Waals surface area contributed by atoms with E-state index in [-0.39, 0.29) is 0 Å². The van der Waals surface area contributed by atoms with Crippen molar-refractivity contribution >= 4 is 39.9 Å². The number of fused-ring (bicyclic) bond motifs is 1. The summed E-state index contributed by atoms with van der Waals surface area (Å²) < 4.78 is 0. The van der Waals surface area contributed by atoms with E-state index in [0.29, 0.717) is 15.9 Å². The predicted octanol–water partition coefficient (Wildman–Crippen LogP) is 6.02. The molecule has 27 heavy (non-hydrogen) atoms. The van der Waals surface area contributed by atoms with Gasteiger partial charge in [-0.15, -0.1) is 0 Å². The Morgan fingerprint density at radius 1 is 0.926 bits per heavy atom. The maximum atomic E-state index is 6.21. The molecule has 0 spiro atoms. The number of benzene rings is 2. The molecular formula is C21H16Cl2N4. The number of pyridine rings is 1. The molecule has 0 saturated heterocycles. The molecule has 134 valence electrons. The van der Waals surface area contributed by atoms with E-state index in [9.17, 15) is 0 Å². The summed E-state index contributed by atoms with van der Waals surface area (Å²) in [6.07, 6.45) is 3.50. The van der Waals surface area contributed by atoms with Gasteiger partial charge in [0, 0.05) is 30.4 Å². The lowest BCUT2D eigenvalue weighted by molar-refractivity contribution is 1.19. The van der Waals surface area contributed by atoms with Crippen LogP contribution in [0.5, 0.6) is 0 Å². The van der Waals surface area contributed by atoms with E-state index in [2.05, 4.69) is 28.3 Å². The van der Waals surface area contributed by atoms with Gasteiger partial charge in [0.2, 0.25) is 0 Å². The van der Waals surface area contributed by atoms with Crippen molar-refractivity contribution in [3.63, 3.8) is 0 Å². The molecule has 0 amide bonds. The Morgan fingerprint density at radius 2 is 1.78 bits per heavy atom. The molecule has 0 saturated carbocycles. The number of nitrogens with zero attached hydrogens (tertiary/aromatic N) is 3. The van der Waals surface area contributed by atoms with E-state index in [4.69, 9.17) is 28.2 Å². The van der Waals surface area contributed by atoms with Gasteiger partial charge in [0.15, 0.2) is 5.82 Å². The Labute approximate surface area is 167 Å². The van der Waals surface area contributed by atoms with E-state index >= 15 is 0 Å². The zero-order chi connectivity index (χ0) is 19.0. The second-order valence-electron chi connectivity index (χ2n) is 6.15. The van der Waals surface area contributed by atoms with Crippen molar-refractivity contribution in [3.05, 3.63) is 70.5 Å². The van der Waals surface area contributed by atoms with Crippen LogP contribution in [0, 0.1) is 6.92 Å². The van der Waals surface area contributed by atoms with Crippen molar-refractivity contribution in [2.45, 2.75) is 6.92 Å². The summed E-state index contributed by atoms with van der Waals surface area (Å²) in [5.41, 5.74) is 4.86. The molecule has 0 radical (unpaired) electrons. The quantitative estimate of drug-likeness (QED) is 0.461. The van der Waals surface area contributed by atoms with Crippen molar-refractivity contribution < 1.29 is 0 Å². The SMILES string of the molecule is CNc1nc(-c2cccnc2)nc2c(C)c(-c3ccc(Cl)c(Cl)c3)ccc12. The molecular weight excluding hydrogens is 379 g/mol. The van der Waals surface area contributed by atoms with E-state index in [1.165, 1.54) is 0 Å². The number of aryl methyl sites for hydroxylation is 1. The summed E-state index contributed by atoms with van der Waals surface area (Å²) in [5.74, 6) is 1.41. The summed E-state index contributed by atoms with van der Waals surface area (Å²) in [4.78, 5) is 13.7. The molecule has 4 aromatic rings. The highest BCUT2D eigenvalue weighted by molar-refractivity contribution is 6.42. The van der Waals surface area contributed by atoms with E-state index in [0.717, 1.165) is 39.0 Å². The van der Waals surface area contributed by atoms with Crippen LogP contribution in [0.1, 0.15) is 5.56 Å². The van der Waals surface area contributed by atoms with Crippen LogP contribution >= 0.6 is 23.2 Å². The molecule has 2 heterocycles. The van der Waals surface area contributed by atoms with Gasteiger partial charge in [-0.2, -0.15) is 0 Å². The van der Waals surface area contributed by atoms with Crippen LogP contribution in [0.3, 0.4) is 0 Å². The lowest BCUT2D eigenvalue weighted by Crippen LogP contribution is -2.00. The minimum absolute atomic E-state index is 0.531. The van der Waals surface area contributed by atoms with Gasteiger partial charge in [-0.05, 0) is 53.9 Å². The van der Waals surface area contributed by atoms with Gasteiger partial charge in [-0.1, -0.05) is 35.3 Å². The third-order valence-electron chi connectivity index (χ3n) is 4.51. The molecule has 4 rings (SSSR count). The van der Waals surface area contributed by atoms with Gasteiger partial charge in [0.25, 0.3) is 0 Å². The Hall–Kier alpha value is -2.69. The van der Waals surface area contributed by atoms with E-state index in [1.807, 2.05) is 43.4 Å². The van der Waals surface area contributed by atoms with Gasteiger partial charge in [0.1, 0.15) is 5.82 Å². The van der Waals surface area contributed by atoms with Crippen LogP contribution in [0.2, 0.25) is 10.0 Å². The average molecular weight is 395 g/mol. The summed E-state index contributed by atoms with van der Waals surface area (Å²) in [6, 6.07) is 13.6. The number of rotatable bonds is 3. The number of anilines is 1. The smallest absolute Gasteiger partial charge is 0.163 e. The fraction of sp³-hybridized carbons (Fsp3) is 0.0952. The first-order chi connectivity index (χ1) is 13.1. The number of nitrogens with one attached hydrogen (secondary N) is 1. The van der Waals surface area contributed by atoms with Gasteiger partial charge in [-0.25, -0.2) is 9.97 Å². The minimum atomic E-state index is 0.531. The standard InChI is InChI=1S/C21H16Cl2N4/c1-12-15(13-5-8-17(22)18(23)10-13)6-7-16-19(12)26-20(27-21(16)24-2)14-4-3-9-25-11-14/h3-11H,1-2H3,(H,24,26,27). The van der Waals surface area contributed by atoms with Crippen LogP contribution in [0.25, 0.3) is 33.4 Å². The molecule has 0 aliphatic rings. The summed E-state index contributed by atoms with van der Waals surface area (Å²) >= 11 is 12.3. The van der Waals surface area contributed by atoms with Crippen molar-refractivity contribution in [2.75, 3.05) is 12.4 Å². The number of hydrogen-bond acceptors (Lipinski definition) is 4. The van der Waals surface area contributed by atoms with Crippen LogP contribution in [-0.2, 0) is 0 Å². The van der Waals surface area contributed by atoms with Crippen LogP contribution in [0.4, 0.5) is 5.82 Å². The van der Waals surface area contributed by atoms with Crippen LogP contribution < -0.4 is 5.32 Å². The van der Waals surface area contributed by atoms with Gasteiger partial charge < -0.3 is 5.32 Å². The van der Waals surface area contributed by atoms with Crippen molar-refractivity contribution in [2.24, 2.45) is 0 Å². The van der Waals surface area contributed by atoms with Gasteiger partial charge in [-0.3, -0.25) is 4.98 Å². The first-order valence-corrected chi connectivity index (χ1v) is 9.19. The maximum Gasteiger partial charge on any atom is 0.163 e. The first-order valence-electron chi connectivity index (χ1n) is 8.43. The summed E-state index contributed by atoms with van der Waals surface area (Å²) in [6.45, 7) is 2.06. The van der Waals surface area contributed by atoms with Crippen molar-refractivity contribution in [1.29, 1.82) is 0 Å². The Balaban J connectivity index is 1.97. The van der Waals surface area contributed by atoms with Crippen LogP contribution in [-0.4, -0.2) is 22.0 Å². The van der Waals surface area contributed by atoms with Crippen LogP contribution in [0.15, 0.2) is 54.9 Å². The molecule has 2 aromatic heterocycles. The molecule has 0 bridgehead atoms. The number of hydrogen-bond donors (Lipinski definition) is 1. The number of aromatic nitrogens is 3. The largest absolute Gasteiger partial charge is 0.373 e. The predicted molar refractivity (Wildman–Crippen MR) is 113 cm³/mol. The molecule has 2 aromatic carbocycles. The zero-order valence-corrected chi connectivity index (χ0v) is 16.3. The highest BCUT2D eigenvalue weighted by Gasteiger charge is 2.14. The second kappa shape index (κ2) is 7.14. The second-order valence-corrected chi connectivity index (χ2v) is 6.97. The lowest BCUT2D eigenvalue weighted by Gasteiger charge is -2.13. The maximum absolute atomic E-state index is 6.21. The van der Waals surface area contributed by atoms with Crippen molar-refractivity contribution in [1.82, 2.24) is 15.0 Å².